The van der Waals surface area contributed by atoms with Gasteiger partial charge in [-0.15, -0.1) is 0 Å². The fourth-order valence-electron chi connectivity index (χ4n) is 4.12. The van der Waals surface area contributed by atoms with Crippen molar-refractivity contribution in [2.45, 2.75) is 31.0 Å². The van der Waals surface area contributed by atoms with Crippen LogP contribution in [0.25, 0.3) is 21.9 Å². The molecule has 5 N–H and O–H groups in total. The van der Waals surface area contributed by atoms with Crippen LogP contribution in [0.5, 0.6) is 0 Å². The number of nitrogens with zero attached hydrogens (tertiary/aromatic N) is 4. The molecular formula is C21H21ClN5O6P. The zero-order valence-corrected chi connectivity index (χ0v) is 19.2. The predicted octanol–water partition coefficient (Wildman–Crippen LogP) is 2.56. The second kappa shape index (κ2) is 8.86. The first-order chi connectivity index (χ1) is 16.2. The molecule has 11 nitrogen and oxygen atoms in total. The SMILES string of the molecule is O=P(O)(O)CC[C@H]1O[C@@H](n2cnc3c(Nc4cccc5ccccc45)nc(Cl)nc32)C(O)C1O. The summed E-state index contributed by atoms with van der Waals surface area (Å²) in [4.78, 5) is 31.1. The van der Waals surface area contributed by atoms with Gasteiger partial charge < -0.3 is 30.1 Å². The van der Waals surface area contributed by atoms with E-state index in [1.54, 1.807) is 0 Å². The lowest BCUT2D eigenvalue weighted by Crippen LogP contribution is -2.31. The molecule has 0 saturated carbocycles. The first-order valence-corrected chi connectivity index (χ1v) is 12.6. The molecule has 0 radical (unpaired) electrons. The van der Waals surface area contributed by atoms with Gasteiger partial charge in [0.25, 0.3) is 0 Å². The van der Waals surface area contributed by atoms with E-state index in [2.05, 4.69) is 20.3 Å². The van der Waals surface area contributed by atoms with Crippen LogP contribution in [-0.4, -0.2) is 64.0 Å². The highest BCUT2D eigenvalue weighted by Gasteiger charge is 2.44. The van der Waals surface area contributed by atoms with Crippen LogP contribution in [0.15, 0.2) is 48.8 Å². The van der Waals surface area contributed by atoms with E-state index in [4.69, 9.17) is 26.1 Å². The van der Waals surface area contributed by atoms with E-state index < -0.39 is 38.3 Å². The van der Waals surface area contributed by atoms with Crippen molar-refractivity contribution >= 4 is 52.6 Å². The van der Waals surface area contributed by atoms with E-state index in [9.17, 15) is 14.8 Å². The number of fused-ring (bicyclic) bond motifs is 2. The normalized spacial score (nSPS) is 23.1. The summed E-state index contributed by atoms with van der Waals surface area (Å²) in [5.41, 5.74) is 1.41. The zero-order valence-electron chi connectivity index (χ0n) is 17.6. The third-order valence-electron chi connectivity index (χ3n) is 5.75. The first-order valence-electron chi connectivity index (χ1n) is 10.4. The molecule has 1 saturated heterocycles. The van der Waals surface area contributed by atoms with Crippen molar-refractivity contribution in [1.82, 2.24) is 19.5 Å². The summed E-state index contributed by atoms with van der Waals surface area (Å²) in [6.07, 6.45) is -4.01. The van der Waals surface area contributed by atoms with Crippen LogP contribution in [0.2, 0.25) is 5.28 Å². The monoisotopic (exact) mass is 505 g/mol. The molecule has 4 atom stereocenters. The topological polar surface area (TPSA) is 163 Å². The standard InChI is InChI=1S/C21H21ClN5O6P/c22-21-25-18(24-13-7-3-5-11-4-1-2-6-12(11)13)15-19(26-21)27(10-23-15)20-17(29)16(28)14(33-20)8-9-34(30,31)32/h1-7,10,14,16-17,20,28-29H,8-9H2,(H,24,25,26)(H2,30,31,32)/t14-,16?,17?,20-/m1/s1. The third-order valence-corrected chi connectivity index (χ3v) is 6.76. The average Bonchev–Trinajstić information content (AvgIpc) is 3.33. The molecule has 1 aliphatic heterocycles. The van der Waals surface area contributed by atoms with Gasteiger partial charge in [-0.2, -0.15) is 9.97 Å². The number of imidazole rings is 1. The molecule has 3 heterocycles. The molecule has 0 spiro atoms. The van der Waals surface area contributed by atoms with Crippen molar-refractivity contribution in [2.75, 3.05) is 11.5 Å². The van der Waals surface area contributed by atoms with Crippen LogP contribution in [0, 0.1) is 0 Å². The Morgan fingerprint density at radius 1 is 1.09 bits per heavy atom. The molecule has 2 aromatic carbocycles. The smallest absolute Gasteiger partial charge is 0.325 e. The Bertz CT molecular complexity index is 1410. The Labute approximate surface area is 198 Å². The molecule has 178 valence electrons. The molecule has 34 heavy (non-hydrogen) atoms. The molecule has 1 fully saturated rings. The van der Waals surface area contributed by atoms with E-state index in [0.717, 1.165) is 16.5 Å². The number of aliphatic hydroxyl groups excluding tert-OH is 2. The highest BCUT2D eigenvalue weighted by atomic mass is 35.5. The van der Waals surface area contributed by atoms with Gasteiger partial charge in [0.15, 0.2) is 23.2 Å². The molecule has 4 aromatic rings. The minimum Gasteiger partial charge on any atom is -0.388 e. The number of rotatable bonds is 6. The van der Waals surface area contributed by atoms with Crippen molar-refractivity contribution in [3.63, 3.8) is 0 Å². The van der Waals surface area contributed by atoms with Gasteiger partial charge in [0.1, 0.15) is 12.2 Å². The second-order valence-corrected chi connectivity index (χ2v) is 10.2. The molecule has 0 amide bonds. The molecule has 0 aliphatic carbocycles. The lowest BCUT2D eigenvalue weighted by atomic mass is 10.1. The summed E-state index contributed by atoms with van der Waals surface area (Å²) in [5, 5.41) is 26.1. The van der Waals surface area contributed by atoms with Crippen LogP contribution in [0.1, 0.15) is 12.6 Å². The van der Waals surface area contributed by atoms with Crippen molar-refractivity contribution in [3.8, 4) is 0 Å². The highest BCUT2D eigenvalue weighted by molar-refractivity contribution is 7.51. The number of aliphatic hydroxyl groups is 2. The maximum atomic E-state index is 11.2. The summed E-state index contributed by atoms with van der Waals surface area (Å²) in [7, 11) is -4.29. The number of halogens is 1. The third kappa shape index (κ3) is 4.39. The summed E-state index contributed by atoms with van der Waals surface area (Å²) >= 11 is 6.19. The van der Waals surface area contributed by atoms with E-state index in [-0.39, 0.29) is 17.4 Å². The van der Waals surface area contributed by atoms with Crippen LogP contribution in [0.4, 0.5) is 11.5 Å². The Hall–Kier alpha value is -2.63. The van der Waals surface area contributed by atoms with Gasteiger partial charge in [-0.1, -0.05) is 36.4 Å². The largest absolute Gasteiger partial charge is 0.388 e. The lowest BCUT2D eigenvalue weighted by molar-refractivity contribution is -0.0355. The fraction of sp³-hybridized carbons (Fsp3) is 0.286. The van der Waals surface area contributed by atoms with Crippen molar-refractivity contribution < 1.29 is 29.3 Å². The van der Waals surface area contributed by atoms with Crippen molar-refractivity contribution in [3.05, 3.63) is 54.1 Å². The number of benzene rings is 2. The summed E-state index contributed by atoms with van der Waals surface area (Å²) in [6.45, 7) is 0. The number of aromatic nitrogens is 4. The minimum absolute atomic E-state index is 0.0666. The summed E-state index contributed by atoms with van der Waals surface area (Å²) in [6, 6.07) is 13.6. The van der Waals surface area contributed by atoms with Gasteiger partial charge in [0.05, 0.1) is 18.6 Å². The van der Waals surface area contributed by atoms with Crippen LogP contribution >= 0.6 is 19.2 Å². The molecule has 2 unspecified atom stereocenters. The number of ether oxygens (including phenoxy) is 1. The van der Waals surface area contributed by atoms with Gasteiger partial charge in [-0.3, -0.25) is 9.13 Å². The predicted molar refractivity (Wildman–Crippen MR) is 125 cm³/mol. The van der Waals surface area contributed by atoms with E-state index >= 15 is 0 Å². The Balaban J connectivity index is 1.49. The summed E-state index contributed by atoms with van der Waals surface area (Å²) < 4.78 is 18.4. The van der Waals surface area contributed by atoms with Crippen LogP contribution in [-0.2, 0) is 9.30 Å². The van der Waals surface area contributed by atoms with Gasteiger partial charge in [-0.05, 0) is 29.5 Å². The van der Waals surface area contributed by atoms with Crippen LogP contribution < -0.4 is 5.32 Å². The highest BCUT2D eigenvalue weighted by Crippen LogP contribution is 2.40. The van der Waals surface area contributed by atoms with Crippen LogP contribution in [0.3, 0.4) is 0 Å². The maximum Gasteiger partial charge on any atom is 0.325 e. The average molecular weight is 506 g/mol. The lowest BCUT2D eigenvalue weighted by Gasteiger charge is -2.17. The van der Waals surface area contributed by atoms with Gasteiger partial charge in [0.2, 0.25) is 5.28 Å². The molecule has 2 aromatic heterocycles. The molecular weight excluding hydrogens is 485 g/mol. The fourth-order valence-corrected chi connectivity index (χ4v) is 4.87. The number of hydrogen-bond acceptors (Lipinski definition) is 8. The second-order valence-electron chi connectivity index (χ2n) is 8.04. The molecule has 0 bridgehead atoms. The Kier molecular flexibility index (Phi) is 6.03. The van der Waals surface area contributed by atoms with Crippen molar-refractivity contribution in [1.29, 1.82) is 0 Å². The van der Waals surface area contributed by atoms with E-state index in [0.29, 0.717) is 11.3 Å². The van der Waals surface area contributed by atoms with E-state index in [1.807, 2.05) is 42.5 Å². The molecule has 13 heteroatoms. The van der Waals surface area contributed by atoms with Gasteiger partial charge in [0, 0.05) is 11.1 Å². The Morgan fingerprint density at radius 2 is 1.85 bits per heavy atom. The zero-order chi connectivity index (χ0) is 24.0. The summed E-state index contributed by atoms with van der Waals surface area (Å²) in [5.74, 6) is 0.344. The van der Waals surface area contributed by atoms with E-state index in [1.165, 1.54) is 10.9 Å². The number of anilines is 2. The molecule has 5 rings (SSSR count). The quantitative estimate of drug-likeness (QED) is 0.194. The van der Waals surface area contributed by atoms with Gasteiger partial charge >= 0.3 is 7.60 Å². The first kappa shape index (κ1) is 23.1. The number of nitrogens with one attached hydrogen (secondary N) is 1. The number of hydrogen-bond donors (Lipinski definition) is 5. The van der Waals surface area contributed by atoms with Gasteiger partial charge in [-0.25, -0.2) is 4.98 Å². The minimum atomic E-state index is -4.29. The Morgan fingerprint density at radius 3 is 2.65 bits per heavy atom. The maximum absolute atomic E-state index is 11.2. The van der Waals surface area contributed by atoms with Crippen molar-refractivity contribution in [2.24, 2.45) is 0 Å². The molecule has 1 aliphatic rings.